The Morgan fingerprint density at radius 2 is 1.61 bits per heavy atom. The molecule has 1 saturated carbocycles. The smallest absolute Gasteiger partial charge is 0.264 e. The predicted octanol–water partition coefficient (Wildman–Crippen LogP) is 5.79. The minimum Gasteiger partial charge on any atom is -0.338 e. The first kappa shape index (κ1) is 40.3. The summed E-state index contributed by atoms with van der Waals surface area (Å²) in [7, 11) is 1.78. The van der Waals surface area contributed by atoms with Gasteiger partial charge in [0.15, 0.2) is 5.82 Å². The first-order chi connectivity index (χ1) is 29.9. The zero-order valence-corrected chi connectivity index (χ0v) is 35.2. The van der Waals surface area contributed by atoms with E-state index < -0.39 is 36.1 Å². The third kappa shape index (κ3) is 7.09. The number of hydrogen-bond acceptors (Lipinski definition) is 9. The van der Waals surface area contributed by atoms with Crippen LogP contribution in [-0.2, 0) is 53.8 Å². The number of aryl methyl sites for hydroxylation is 2. The predicted molar refractivity (Wildman–Crippen MR) is 224 cm³/mol. The third-order valence-corrected chi connectivity index (χ3v) is 14.3. The first-order valence-corrected chi connectivity index (χ1v) is 22.1. The standard InChI is InChI=1S/C46H51F2N9O5/c1-26(58)54-17-13-38-37(25-54)43(55-14-3-4-29-19-33(31-22-49-52(2)23-31)34(42(47)48)21-40(29)55)51-57(38)32-7-5-27(6-8-32)11-15-53-16-12-28-18-35-36(20-30(28)24-53)46(62)56(45(35)61)39-9-10-41(59)50-44(39)60/h18-23,27,32,39,42H,3-17,24-25H2,1-2H3,(H,50,59,60). The van der Waals surface area contributed by atoms with Gasteiger partial charge >= 0.3 is 0 Å². The summed E-state index contributed by atoms with van der Waals surface area (Å²) in [5.74, 6) is -0.624. The van der Waals surface area contributed by atoms with E-state index in [0.29, 0.717) is 60.8 Å². The first-order valence-electron chi connectivity index (χ1n) is 22.1. The van der Waals surface area contributed by atoms with Crippen molar-refractivity contribution in [2.24, 2.45) is 13.0 Å². The number of piperidine rings is 1. The average Bonchev–Trinajstić information content (AvgIpc) is 3.94. The van der Waals surface area contributed by atoms with Crippen LogP contribution in [0.25, 0.3) is 11.1 Å². The number of aromatic nitrogens is 4. The Balaban J connectivity index is 0.825. The summed E-state index contributed by atoms with van der Waals surface area (Å²) < 4.78 is 33.3. The van der Waals surface area contributed by atoms with Gasteiger partial charge in [0.05, 0.1) is 29.9 Å². The summed E-state index contributed by atoms with van der Waals surface area (Å²) >= 11 is 0. The van der Waals surface area contributed by atoms with E-state index in [1.807, 2.05) is 23.1 Å². The lowest BCUT2D eigenvalue weighted by molar-refractivity contribution is -0.136. The summed E-state index contributed by atoms with van der Waals surface area (Å²) in [4.78, 5) is 71.2. The van der Waals surface area contributed by atoms with Gasteiger partial charge in [-0.2, -0.15) is 10.2 Å². The highest BCUT2D eigenvalue weighted by Crippen LogP contribution is 2.45. The molecule has 5 aliphatic heterocycles. The molecule has 5 amide bonds. The number of rotatable bonds is 8. The number of amides is 5. The van der Waals surface area contributed by atoms with E-state index in [-0.39, 0.29) is 30.4 Å². The van der Waals surface area contributed by atoms with E-state index in [9.17, 15) is 32.8 Å². The van der Waals surface area contributed by atoms with Gasteiger partial charge in [0.25, 0.3) is 18.2 Å². The molecule has 16 heteroatoms. The van der Waals surface area contributed by atoms with Gasteiger partial charge in [-0.1, -0.05) is 0 Å². The molecule has 0 spiro atoms. The highest BCUT2D eigenvalue weighted by Gasteiger charge is 2.45. The monoisotopic (exact) mass is 847 g/mol. The fraction of sp³-hybridized carbons (Fsp3) is 0.500. The van der Waals surface area contributed by atoms with Gasteiger partial charge in [-0.05, 0) is 117 Å². The van der Waals surface area contributed by atoms with Crippen LogP contribution in [0.2, 0.25) is 0 Å². The fourth-order valence-electron chi connectivity index (χ4n) is 10.9. The Morgan fingerprint density at radius 1 is 0.855 bits per heavy atom. The summed E-state index contributed by atoms with van der Waals surface area (Å²) in [6.07, 6.45) is 9.13. The van der Waals surface area contributed by atoms with Gasteiger partial charge in [-0.25, -0.2) is 8.78 Å². The molecule has 1 unspecified atom stereocenters. The molecule has 2 aromatic carbocycles. The number of anilines is 2. The summed E-state index contributed by atoms with van der Waals surface area (Å²) in [5, 5.41) is 11.8. The van der Waals surface area contributed by atoms with Crippen molar-refractivity contribution in [2.75, 3.05) is 31.1 Å². The number of carbonyl (C=O) groups is 5. The molecular formula is C46H51F2N9O5. The van der Waals surface area contributed by atoms with Gasteiger partial charge < -0.3 is 9.80 Å². The topological polar surface area (TPSA) is 146 Å². The average molecular weight is 848 g/mol. The highest BCUT2D eigenvalue weighted by atomic mass is 19.3. The van der Waals surface area contributed by atoms with Crippen molar-refractivity contribution in [1.82, 2.24) is 39.6 Å². The Hall–Kier alpha value is -5.77. The number of nitrogens with one attached hydrogen (secondary N) is 1. The Kier molecular flexibility index (Phi) is 10.3. The molecule has 2 aromatic heterocycles. The Labute approximate surface area is 358 Å². The van der Waals surface area contributed by atoms with Gasteiger partial charge in [0.2, 0.25) is 17.7 Å². The van der Waals surface area contributed by atoms with Crippen molar-refractivity contribution < 1.29 is 32.8 Å². The van der Waals surface area contributed by atoms with Crippen LogP contribution in [0, 0.1) is 5.92 Å². The Morgan fingerprint density at radius 3 is 2.32 bits per heavy atom. The van der Waals surface area contributed by atoms with Crippen LogP contribution in [-0.4, -0.2) is 96.0 Å². The highest BCUT2D eigenvalue weighted by molar-refractivity contribution is 6.23. The molecule has 10 rings (SSSR count). The van der Waals surface area contributed by atoms with E-state index in [2.05, 4.69) is 24.9 Å². The van der Waals surface area contributed by atoms with Gasteiger partial charge in [0, 0.05) is 87.3 Å². The number of alkyl halides is 2. The molecule has 324 valence electrons. The van der Waals surface area contributed by atoms with Crippen LogP contribution >= 0.6 is 0 Å². The van der Waals surface area contributed by atoms with Crippen LogP contribution in [0.5, 0.6) is 0 Å². The Bertz CT molecular complexity index is 2520. The largest absolute Gasteiger partial charge is 0.338 e. The lowest BCUT2D eigenvalue weighted by Gasteiger charge is -2.34. The molecule has 1 atom stereocenters. The second-order valence-corrected chi connectivity index (χ2v) is 18.0. The fourth-order valence-corrected chi connectivity index (χ4v) is 10.9. The number of imide groups is 2. The molecule has 7 heterocycles. The molecule has 0 radical (unpaired) electrons. The summed E-state index contributed by atoms with van der Waals surface area (Å²) in [6.45, 7) is 5.76. The van der Waals surface area contributed by atoms with Crippen LogP contribution in [0.4, 0.5) is 20.3 Å². The number of halogens is 2. The van der Waals surface area contributed by atoms with E-state index in [4.69, 9.17) is 5.10 Å². The van der Waals surface area contributed by atoms with E-state index in [0.717, 1.165) is 109 Å². The third-order valence-electron chi connectivity index (χ3n) is 14.3. The van der Waals surface area contributed by atoms with Crippen molar-refractivity contribution in [3.05, 3.63) is 81.3 Å². The molecule has 62 heavy (non-hydrogen) atoms. The van der Waals surface area contributed by atoms with Crippen molar-refractivity contribution in [3.8, 4) is 11.1 Å². The molecule has 2 fully saturated rings. The van der Waals surface area contributed by atoms with Crippen molar-refractivity contribution in [3.63, 3.8) is 0 Å². The lowest BCUT2D eigenvalue weighted by Crippen LogP contribution is -2.54. The quantitative estimate of drug-likeness (QED) is 0.218. The zero-order valence-electron chi connectivity index (χ0n) is 35.2. The van der Waals surface area contributed by atoms with E-state index in [1.165, 1.54) is 0 Å². The van der Waals surface area contributed by atoms with Crippen molar-refractivity contribution in [2.45, 2.75) is 109 Å². The molecule has 6 aliphatic rings. The second-order valence-electron chi connectivity index (χ2n) is 18.0. The van der Waals surface area contributed by atoms with Crippen LogP contribution in [0.15, 0.2) is 36.7 Å². The van der Waals surface area contributed by atoms with Crippen LogP contribution in [0.1, 0.15) is 125 Å². The van der Waals surface area contributed by atoms with Crippen molar-refractivity contribution in [1.29, 1.82) is 0 Å². The molecule has 4 aromatic rings. The number of carbonyl (C=O) groups excluding carboxylic acids is 5. The summed E-state index contributed by atoms with van der Waals surface area (Å²) in [6, 6.07) is 6.44. The summed E-state index contributed by atoms with van der Waals surface area (Å²) in [5.41, 5.74) is 7.82. The maximum absolute atomic E-state index is 14.7. The van der Waals surface area contributed by atoms with Crippen LogP contribution < -0.4 is 10.2 Å². The number of fused-ring (bicyclic) bond motifs is 4. The van der Waals surface area contributed by atoms with Crippen molar-refractivity contribution >= 4 is 41.0 Å². The van der Waals surface area contributed by atoms with Gasteiger partial charge in [-0.3, -0.25) is 48.5 Å². The maximum atomic E-state index is 14.7. The van der Waals surface area contributed by atoms with E-state index in [1.54, 1.807) is 37.1 Å². The molecule has 14 nitrogen and oxygen atoms in total. The van der Waals surface area contributed by atoms with E-state index >= 15 is 0 Å². The lowest BCUT2D eigenvalue weighted by atomic mass is 9.83. The minimum atomic E-state index is -2.67. The molecule has 1 N–H and O–H groups in total. The normalized spacial score (nSPS) is 22.8. The molecule has 1 aliphatic carbocycles. The van der Waals surface area contributed by atoms with Crippen LogP contribution in [0.3, 0.4) is 0 Å². The number of nitrogens with zero attached hydrogens (tertiary/aromatic N) is 8. The molecule has 1 saturated heterocycles. The second kappa shape index (κ2) is 15.9. The van der Waals surface area contributed by atoms with Gasteiger partial charge in [0.1, 0.15) is 6.04 Å². The maximum Gasteiger partial charge on any atom is 0.264 e. The SMILES string of the molecule is CC(=O)N1CCc2c(c(N3CCCc4cc(-c5cnn(C)c5)c(C(F)F)cc43)nn2C2CCC(CCN3CCc4cc5c(cc4C3)C(=O)N(C3CCC(=O)NC3=O)C5=O)CC2)C1. The number of hydrogen-bond donors (Lipinski definition) is 1. The zero-order chi connectivity index (χ0) is 43.0. The molecular weight excluding hydrogens is 797 g/mol. The minimum absolute atomic E-state index is 0.0103. The number of benzene rings is 2. The van der Waals surface area contributed by atoms with Gasteiger partial charge in [-0.15, -0.1) is 0 Å². The molecule has 0 bridgehead atoms.